The summed E-state index contributed by atoms with van der Waals surface area (Å²) in [4.78, 5) is 0. The fourth-order valence-electron chi connectivity index (χ4n) is 2.29. The Hall–Kier alpha value is -0.410. The van der Waals surface area contributed by atoms with Crippen LogP contribution in [0.1, 0.15) is 24.8 Å². The topological polar surface area (TPSA) is 12.0 Å². The van der Waals surface area contributed by atoms with Crippen molar-refractivity contribution in [2.75, 3.05) is 7.05 Å². The Kier molecular flexibility index (Phi) is 3.98. The fourth-order valence-corrected chi connectivity index (χ4v) is 2.72. The summed E-state index contributed by atoms with van der Waals surface area (Å²) in [7, 11) is 2.00. The maximum absolute atomic E-state index is 13.4. The second-order valence-corrected chi connectivity index (χ2v) is 5.30. The van der Waals surface area contributed by atoms with Gasteiger partial charge in [-0.05, 0) is 59.8 Å². The summed E-state index contributed by atoms with van der Waals surface area (Å²) in [5, 5.41) is 3.36. The summed E-state index contributed by atoms with van der Waals surface area (Å²) >= 11 is 3.32. The first-order valence-electron chi connectivity index (χ1n) is 5.82. The average molecular weight is 286 g/mol. The molecule has 1 atom stereocenters. The van der Waals surface area contributed by atoms with Gasteiger partial charge in [0.1, 0.15) is 5.82 Å². The van der Waals surface area contributed by atoms with E-state index in [4.69, 9.17) is 0 Å². The number of hydrogen-bond donors (Lipinski definition) is 1. The Morgan fingerprint density at radius 3 is 2.81 bits per heavy atom. The van der Waals surface area contributed by atoms with Crippen molar-refractivity contribution in [2.24, 2.45) is 5.92 Å². The highest BCUT2D eigenvalue weighted by Gasteiger charge is 2.26. The Bertz CT molecular complexity index is 363. The first-order chi connectivity index (χ1) is 7.72. The van der Waals surface area contributed by atoms with E-state index in [1.165, 1.54) is 25.3 Å². The van der Waals surface area contributed by atoms with Crippen molar-refractivity contribution in [1.82, 2.24) is 5.32 Å². The van der Waals surface area contributed by atoms with Gasteiger partial charge < -0.3 is 5.32 Å². The molecular formula is C13H17BrFN. The predicted molar refractivity (Wildman–Crippen MR) is 68.0 cm³/mol. The highest BCUT2D eigenvalue weighted by molar-refractivity contribution is 9.10. The number of nitrogens with one attached hydrogen (secondary N) is 1. The average Bonchev–Trinajstić information content (AvgIpc) is 2.21. The van der Waals surface area contributed by atoms with Crippen LogP contribution in [-0.2, 0) is 6.42 Å². The van der Waals surface area contributed by atoms with Gasteiger partial charge in [-0.1, -0.05) is 18.6 Å². The minimum Gasteiger partial charge on any atom is -0.316 e. The zero-order chi connectivity index (χ0) is 11.5. The van der Waals surface area contributed by atoms with Crippen molar-refractivity contribution < 1.29 is 4.39 Å². The second-order valence-electron chi connectivity index (χ2n) is 4.50. The largest absolute Gasteiger partial charge is 0.316 e. The zero-order valence-electron chi connectivity index (χ0n) is 9.47. The van der Waals surface area contributed by atoms with Crippen molar-refractivity contribution in [3.63, 3.8) is 0 Å². The van der Waals surface area contributed by atoms with Gasteiger partial charge in [-0.3, -0.25) is 0 Å². The lowest BCUT2D eigenvalue weighted by Crippen LogP contribution is -2.39. The molecule has 0 saturated heterocycles. The molecule has 1 nitrogen and oxygen atoms in total. The molecule has 1 aliphatic carbocycles. The molecule has 2 rings (SSSR count). The lowest BCUT2D eigenvalue weighted by Gasteiger charge is -2.34. The SMILES string of the molecule is CNC(Cc1cccc(F)c1Br)C1CCC1. The smallest absolute Gasteiger partial charge is 0.137 e. The molecule has 88 valence electrons. The van der Waals surface area contributed by atoms with Crippen molar-refractivity contribution >= 4 is 15.9 Å². The van der Waals surface area contributed by atoms with Gasteiger partial charge in [0.25, 0.3) is 0 Å². The molecule has 1 N–H and O–H groups in total. The van der Waals surface area contributed by atoms with E-state index in [0.29, 0.717) is 10.5 Å². The molecular weight excluding hydrogens is 269 g/mol. The van der Waals surface area contributed by atoms with Crippen LogP contribution in [0.3, 0.4) is 0 Å². The third-order valence-electron chi connectivity index (χ3n) is 3.56. The van der Waals surface area contributed by atoms with Crippen LogP contribution < -0.4 is 5.32 Å². The highest BCUT2D eigenvalue weighted by atomic mass is 79.9. The molecule has 3 heteroatoms. The van der Waals surface area contributed by atoms with Crippen LogP contribution >= 0.6 is 15.9 Å². The summed E-state index contributed by atoms with van der Waals surface area (Å²) in [5.74, 6) is 0.598. The predicted octanol–water partition coefficient (Wildman–Crippen LogP) is 3.52. The van der Waals surface area contributed by atoms with E-state index >= 15 is 0 Å². The molecule has 1 fully saturated rings. The van der Waals surface area contributed by atoms with Crippen LogP contribution in [0, 0.1) is 11.7 Å². The number of benzene rings is 1. The van der Waals surface area contributed by atoms with Crippen LogP contribution in [0.5, 0.6) is 0 Å². The molecule has 0 aliphatic heterocycles. The van der Waals surface area contributed by atoms with Crippen LogP contribution in [0.15, 0.2) is 22.7 Å². The highest BCUT2D eigenvalue weighted by Crippen LogP contribution is 2.32. The first-order valence-corrected chi connectivity index (χ1v) is 6.62. The summed E-state index contributed by atoms with van der Waals surface area (Å²) < 4.78 is 14.0. The van der Waals surface area contributed by atoms with E-state index in [0.717, 1.165) is 17.9 Å². The normalized spacial score (nSPS) is 18.2. The molecule has 0 radical (unpaired) electrons. The summed E-state index contributed by atoms with van der Waals surface area (Å²) in [6.07, 6.45) is 4.85. The monoisotopic (exact) mass is 285 g/mol. The standard InChI is InChI=1S/C13H17BrFN/c1-16-12(9-4-2-5-9)8-10-6-3-7-11(15)13(10)14/h3,6-7,9,12,16H,2,4-5,8H2,1H3. The van der Waals surface area contributed by atoms with E-state index in [2.05, 4.69) is 21.2 Å². The third-order valence-corrected chi connectivity index (χ3v) is 4.45. The van der Waals surface area contributed by atoms with Crippen LogP contribution in [0.2, 0.25) is 0 Å². The quantitative estimate of drug-likeness (QED) is 0.893. The maximum atomic E-state index is 13.4. The van der Waals surface area contributed by atoms with Gasteiger partial charge >= 0.3 is 0 Å². The fraction of sp³-hybridized carbons (Fsp3) is 0.538. The number of rotatable bonds is 4. The lowest BCUT2D eigenvalue weighted by atomic mass is 9.78. The second kappa shape index (κ2) is 5.28. The molecule has 0 spiro atoms. The van der Waals surface area contributed by atoms with Crippen LogP contribution in [0.25, 0.3) is 0 Å². The molecule has 0 heterocycles. The number of likely N-dealkylation sites (N-methyl/N-ethyl adjacent to an activating group) is 1. The number of halogens is 2. The van der Waals surface area contributed by atoms with Crippen molar-refractivity contribution in [2.45, 2.75) is 31.7 Å². The van der Waals surface area contributed by atoms with Gasteiger partial charge in [-0.2, -0.15) is 0 Å². The summed E-state index contributed by atoms with van der Waals surface area (Å²) in [5.41, 5.74) is 1.06. The molecule has 1 unspecified atom stereocenters. The van der Waals surface area contributed by atoms with Gasteiger partial charge in [0.2, 0.25) is 0 Å². The summed E-state index contributed by atoms with van der Waals surface area (Å²) in [6.45, 7) is 0. The van der Waals surface area contributed by atoms with Crippen molar-refractivity contribution in [3.8, 4) is 0 Å². The number of hydrogen-bond acceptors (Lipinski definition) is 1. The van der Waals surface area contributed by atoms with E-state index in [9.17, 15) is 4.39 Å². The Morgan fingerprint density at radius 1 is 1.50 bits per heavy atom. The lowest BCUT2D eigenvalue weighted by molar-refractivity contribution is 0.235. The van der Waals surface area contributed by atoms with Gasteiger partial charge in [0, 0.05) is 6.04 Å². The molecule has 0 bridgehead atoms. The van der Waals surface area contributed by atoms with Gasteiger partial charge in [-0.15, -0.1) is 0 Å². The third kappa shape index (κ3) is 2.46. The van der Waals surface area contributed by atoms with E-state index < -0.39 is 0 Å². The Labute approximate surface area is 105 Å². The molecule has 16 heavy (non-hydrogen) atoms. The first kappa shape index (κ1) is 12.1. The van der Waals surface area contributed by atoms with Crippen molar-refractivity contribution in [1.29, 1.82) is 0 Å². The van der Waals surface area contributed by atoms with E-state index in [1.54, 1.807) is 6.07 Å². The van der Waals surface area contributed by atoms with E-state index in [1.807, 2.05) is 13.1 Å². The van der Waals surface area contributed by atoms with Gasteiger partial charge in [0.15, 0.2) is 0 Å². The van der Waals surface area contributed by atoms with Crippen LogP contribution in [-0.4, -0.2) is 13.1 Å². The summed E-state index contributed by atoms with van der Waals surface area (Å²) in [6, 6.07) is 5.75. The zero-order valence-corrected chi connectivity index (χ0v) is 11.1. The molecule has 1 aliphatic rings. The van der Waals surface area contributed by atoms with Gasteiger partial charge in [0.05, 0.1) is 4.47 Å². The molecule has 1 aromatic carbocycles. The molecule has 0 aromatic heterocycles. The molecule has 1 aromatic rings. The molecule has 1 saturated carbocycles. The Balaban J connectivity index is 2.09. The van der Waals surface area contributed by atoms with E-state index in [-0.39, 0.29) is 5.82 Å². The maximum Gasteiger partial charge on any atom is 0.137 e. The van der Waals surface area contributed by atoms with Crippen LogP contribution in [0.4, 0.5) is 4.39 Å². The minimum absolute atomic E-state index is 0.166. The Morgan fingerprint density at radius 2 is 2.25 bits per heavy atom. The van der Waals surface area contributed by atoms with Gasteiger partial charge in [-0.25, -0.2) is 4.39 Å². The molecule has 0 amide bonds. The van der Waals surface area contributed by atoms with Crippen molar-refractivity contribution in [3.05, 3.63) is 34.1 Å². The minimum atomic E-state index is -0.166.